The van der Waals surface area contributed by atoms with Gasteiger partial charge in [-0.05, 0) is 23.8 Å². The number of ether oxygens (including phenoxy) is 2. The van der Waals surface area contributed by atoms with E-state index in [0.29, 0.717) is 16.8 Å². The second kappa shape index (κ2) is 8.44. The van der Waals surface area contributed by atoms with E-state index in [1.54, 1.807) is 12.1 Å². The van der Waals surface area contributed by atoms with Gasteiger partial charge in [-0.1, -0.05) is 46.3 Å². The largest absolute Gasteiger partial charge is 0.495 e. The SMILES string of the molecule is COc1ccc(Br)cc1S(=O)(=O)NCCOCc1ccccc1. The monoisotopic (exact) mass is 399 g/mol. The van der Waals surface area contributed by atoms with Gasteiger partial charge >= 0.3 is 0 Å². The molecule has 0 aliphatic carbocycles. The van der Waals surface area contributed by atoms with Crippen molar-refractivity contribution in [2.75, 3.05) is 20.3 Å². The van der Waals surface area contributed by atoms with E-state index < -0.39 is 10.0 Å². The van der Waals surface area contributed by atoms with E-state index in [1.807, 2.05) is 30.3 Å². The van der Waals surface area contributed by atoms with Gasteiger partial charge in [-0.15, -0.1) is 0 Å². The van der Waals surface area contributed by atoms with Gasteiger partial charge in [-0.2, -0.15) is 0 Å². The number of hydrogen-bond donors (Lipinski definition) is 1. The van der Waals surface area contributed by atoms with Crippen LogP contribution in [0.15, 0.2) is 57.9 Å². The van der Waals surface area contributed by atoms with Crippen LogP contribution in [0.2, 0.25) is 0 Å². The second-order valence-corrected chi connectivity index (χ2v) is 7.38. The molecular weight excluding hydrogens is 382 g/mol. The quantitative estimate of drug-likeness (QED) is 0.693. The molecule has 2 aromatic carbocycles. The molecule has 0 saturated carbocycles. The molecule has 124 valence electrons. The minimum absolute atomic E-state index is 0.0948. The van der Waals surface area contributed by atoms with Gasteiger partial charge < -0.3 is 9.47 Å². The highest BCUT2D eigenvalue weighted by Gasteiger charge is 2.19. The molecule has 0 amide bonds. The van der Waals surface area contributed by atoms with Crippen LogP contribution in [0.1, 0.15) is 5.56 Å². The van der Waals surface area contributed by atoms with E-state index >= 15 is 0 Å². The topological polar surface area (TPSA) is 64.6 Å². The van der Waals surface area contributed by atoms with Crippen LogP contribution in [-0.2, 0) is 21.4 Å². The Hall–Kier alpha value is -1.41. The van der Waals surface area contributed by atoms with Gasteiger partial charge in [-0.25, -0.2) is 13.1 Å². The molecule has 0 fully saturated rings. The fourth-order valence-corrected chi connectivity index (χ4v) is 3.67. The molecule has 5 nitrogen and oxygen atoms in total. The van der Waals surface area contributed by atoms with Crippen LogP contribution in [0.5, 0.6) is 5.75 Å². The van der Waals surface area contributed by atoms with E-state index in [4.69, 9.17) is 9.47 Å². The molecule has 0 unspecified atom stereocenters. The van der Waals surface area contributed by atoms with Crippen LogP contribution in [-0.4, -0.2) is 28.7 Å². The summed E-state index contributed by atoms with van der Waals surface area (Å²) in [6.45, 7) is 0.915. The summed E-state index contributed by atoms with van der Waals surface area (Å²) < 4.78 is 38.4. The normalized spacial score (nSPS) is 11.4. The van der Waals surface area contributed by atoms with Crippen molar-refractivity contribution in [1.82, 2.24) is 4.72 Å². The maximum Gasteiger partial charge on any atom is 0.244 e. The Balaban J connectivity index is 1.88. The fourth-order valence-electron chi connectivity index (χ4n) is 1.95. The van der Waals surface area contributed by atoms with Crippen LogP contribution in [0.25, 0.3) is 0 Å². The lowest BCUT2D eigenvalue weighted by Gasteiger charge is -2.11. The van der Waals surface area contributed by atoms with Crippen molar-refractivity contribution in [3.05, 3.63) is 58.6 Å². The van der Waals surface area contributed by atoms with Gasteiger partial charge in [0, 0.05) is 11.0 Å². The maximum absolute atomic E-state index is 12.3. The summed E-state index contributed by atoms with van der Waals surface area (Å²) in [7, 11) is -2.22. The second-order valence-electron chi connectivity index (χ2n) is 4.73. The molecule has 0 aliphatic rings. The Morgan fingerprint density at radius 3 is 2.57 bits per heavy atom. The first-order chi connectivity index (χ1) is 11.0. The van der Waals surface area contributed by atoms with Gasteiger partial charge in [0.15, 0.2) is 0 Å². The lowest BCUT2D eigenvalue weighted by Crippen LogP contribution is -2.27. The zero-order valence-corrected chi connectivity index (χ0v) is 15.1. The van der Waals surface area contributed by atoms with E-state index in [9.17, 15) is 8.42 Å². The van der Waals surface area contributed by atoms with Crippen molar-refractivity contribution in [3.8, 4) is 5.75 Å². The predicted molar refractivity (Wildman–Crippen MR) is 92.0 cm³/mol. The van der Waals surface area contributed by atoms with Crippen molar-refractivity contribution in [2.45, 2.75) is 11.5 Å². The van der Waals surface area contributed by atoms with Crippen molar-refractivity contribution in [2.24, 2.45) is 0 Å². The van der Waals surface area contributed by atoms with E-state index in [1.165, 1.54) is 13.2 Å². The number of rotatable bonds is 8. The Morgan fingerprint density at radius 1 is 1.13 bits per heavy atom. The molecule has 2 aromatic rings. The summed E-state index contributed by atoms with van der Waals surface area (Å²) in [6, 6.07) is 14.5. The van der Waals surface area contributed by atoms with E-state index in [2.05, 4.69) is 20.7 Å². The number of sulfonamides is 1. The zero-order chi connectivity index (χ0) is 16.7. The van der Waals surface area contributed by atoms with Crippen LogP contribution in [0.3, 0.4) is 0 Å². The average molecular weight is 400 g/mol. The average Bonchev–Trinajstić information content (AvgIpc) is 2.55. The Kier molecular flexibility index (Phi) is 6.59. The lowest BCUT2D eigenvalue weighted by atomic mass is 10.2. The third-order valence-corrected chi connectivity index (χ3v) is 5.04. The molecular formula is C16H18BrNO4S. The van der Waals surface area contributed by atoms with Crippen LogP contribution in [0.4, 0.5) is 0 Å². The van der Waals surface area contributed by atoms with E-state index in [-0.39, 0.29) is 18.0 Å². The van der Waals surface area contributed by atoms with Crippen LogP contribution in [0, 0.1) is 0 Å². The first kappa shape index (κ1) is 17.9. The third-order valence-electron chi connectivity index (χ3n) is 3.07. The van der Waals surface area contributed by atoms with Crippen LogP contribution >= 0.6 is 15.9 Å². The molecule has 0 bridgehead atoms. The van der Waals surface area contributed by atoms with Gasteiger partial charge in [-0.3, -0.25) is 0 Å². The first-order valence-electron chi connectivity index (χ1n) is 6.98. The molecule has 0 aromatic heterocycles. The minimum Gasteiger partial charge on any atom is -0.495 e. The van der Waals surface area contributed by atoms with Crippen molar-refractivity contribution < 1.29 is 17.9 Å². The number of benzene rings is 2. The summed E-state index contributed by atoms with van der Waals surface area (Å²) >= 11 is 3.26. The molecule has 0 atom stereocenters. The molecule has 0 spiro atoms. The van der Waals surface area contributed by atoms with Crippen molar-refractivity contribution in [3.63, 3.8) is 0 Å². The Bertz CT molecular complexity index is 735. The molecule has 23 heavy (non-hydrogen) atoms. The highest BCUT2D eigenvalue weighted by molar-refractivity contribution is 9.10. The lowest BCUT2D eigenvalue weighted by molar-refractivity contribution is 0.126. The smallest absolute Gasteiger partial charge is 0.244 e. The number of nitrogens with one attached hydrogen (secondary N) is 1. The number of methoxy groups -OCH3 is 1. The summed E-state index contributed by atoms with van der Waals surface area (Å²) in [5.41, 5.74) is 1.05. The standard InChI is InChI=1S/C16H18BrNO4S/c1-21-15-8-7-14(17)11-16(15)23(19,20)18-9-10-22-12-13-5-3-2-4-6-13/h2-8,11,18H,9-10,12H2,1H3. The molecule has 0 heterocycles. The van der Waals surface area contributed by atoms with Crippen LogP contribution < -0.4 is 9.46 Å². The molecule has 2 rings (SSSR count). The minimum atomic E-state index is -3.66. The number of halogens is 1. The number of hydrogen-bond acceptors (Lipinski definition) is 4. The van der Waals surface area contributed by atoms with Gasteiger partial charge in [0.05, 0.1) is 20.3 Å². The maximum atomic E-state index is 12.3. The molecule has 1 N–H and O–H groups in total. The molecule has 0 saturated heterocycles. The Morgan fingerprint density at radius 2 is 1.87 bits per heavy atom. The van der Waals surface area contributed by atoms with E-state index in [0.717, 1.165) is 5.56 Å². The fraction of sp³-hybridized carbons (Fsp3) is 0.250. The van der Waals surface area contributed by atoms with Gasteiger partial charge in [0.1, 0.15) is 10.6 Å². The highest BCUT2D eigenvalue weighted by Crippen LogP contribution is 2.26. The van der Waals surface area contributed by atoms with Gasteiger partial charge in [0.25, 0.3) is 0 Å². The molecule has 0 radical (unpaired) electrons. The Labute approximate surface area is 144 Å². The summed E-state index contributed by atoms with van der Waals surface area (Å²) in [4.78, 5) is 0.0948. The third kappa shape index (κ3) is 5.31. The highest BCUT2D eigenvalue weighted by atomic mass is 79.9. The van der Waals surface area contributed by atoms with Gasteiger partial charge in [0.2, 0.25) is 10.0 Å². The molecule has 0 aliphatic heterocycles. The zero-order valence-electron chi connectivity index (χ0n) is 12.7. The van der Waals surface area contributed by atoms with Crippen molar-refractivity contribution in [1.29, 1.82) is 0 Å². The first-order valence-corrected chi connectivity index (χ1v) is 9.25. The summed E-state index contributed by atoms with van der Waals surface area (Å²) in [6.07, 6.45) is 0. The molecule has 7 heteroatoms. The van der Waals surface area contributed by atoms with Crippen molar-refractivity contribution >= 4 is 26.0 Å². The summed E-state index contributed by atoms with van der Waals surface area (Å²) in [5.74, 6) is 0.297. The predicted octanol–water partition coefficient (Wildman–Crippen LogP) is 2.95. The summed E-state index contributed by atoms with van der Waals surface area (Å²) in [5, 5.41) is 0.